The molecule has 1 amide bonds. The molecule has 2 aromatic carbocycles. The second-order valence-electron chi connectivity index (χ2n) is 5.38. The average molecular weight is 281 g/mol. The van der Waals surface area contributed by atoms with Gasteiger partial charge in [0.05, 0.1) is 0 Å². The SMILES string of the molecule is Cc1ccc2c(c1)CCCN2C(=O)COc1ccccc1. The van der Waals surface area contributed by atoms with Crippen LogP contribution in [0.2, 0.25) is 0 Å². The van der Waals surface area contributed by atoms with Crippen LogP contribution in [0, 0.1) is 6.92 Å². The summed E-state index contributed by atoms with van der Waals surface area (Å²) >= 11 is 0. The van der Waals surface area contributed by atoms with Gasteiger partial charge < -0.3 is 9.64 Å². The van der Waals surface area contributed by atoms with Crippen LogP contribution < -0.4 is 9.64 Å². The van der Waals surface area contributed by atoms with Gasteiger partial charge in [-0.1, -0.05) is 35.9 Å². The van der Waals surface area contributed by atoms with Gasteiger partial charge in [0, 0.05) is 12.2 Å². The smallest absolute Gasteiger partial charge is 0.264 e. The van der Waals surface area contributed by atoms with Gasteiger partial charge in [-0.05, 0) is 43.5 Å². The number of carbonyl (C=O) groups excluding carboxylic acids is 1. The van der Waals surface area contributed by atoms with Crippen molar-refractivity contribution in [3.05, 3.63) is 59.7 Å². The third-order valence-electron chi connectivity index (χ3n) is 3.76. The summed E-state index contributed by atoms with van der Waals surface area (Å²) in [6.45, 7) is 2.93. The summed E-state index contributed by atoms with van der Waals surface area (Å²) in [5.41, 5.74) is 3.53. The molecule has 0 saturated carbocycles. The number of para-hydroxylation sites is 1. The molecule has 0 N–H and O–H groups in total. The molecule has 21 heavy (non-hydrogen) atoms. The van der Waals surface area contributed by atoms with Crippen LogP contribution in [0.15, 0.2) is 48.5 Å². The summed E-state index contributed by atoms with van der Waals surface area (Å²) in [5, 5.41) is 0. The van der Waals surface area contributed by atoms with E-state index in [-0.39, 0.29) is 12.5 Å². The summed E-state index contributed by atoms with van der Waals surface area (Å²) in [7, 11) is 0. The van der Waals surface area contributed by atoms with E-state index in [4.69, 9.17) is 4.74 Å². The Kier molecular flexibility index (Phi) is 3.91. The number of carbonyl (C=O) groups is 1. The molecule has 3 rings (SSSR count). The highest BCUT2D eigenvalue weighted by atomic mass is 16.5. The summed E-state index contributed by atoms with van der Waals surface area (Å²) in [6.07, 6.45) is 2.05. The number of ether oxygens (including phenoxy) is 1. The van der Waals surface area contributed by atoms with Crippen LogP contribution in [-0.4, -0.2) is 19.1 Å². The van der Waals surface area contributed by atoms with E-state index in [9.17, 15) is 4.79 Å². The van der Waals surface area contributed by atoms with Crippen molar-refractivity contribution in [3.8, 4) is 5.75 Å². The summed E-state index contributed by atoms with van der Waals surface area (Å²) in [6, 6.07) is 15.7. The van der Waals surface area contributed by atoms with Gasteiger partial charge in [-0.25, -0.2) is 0 Å². The van der Waals surface area contributed by atoms with Gasteiger partial charge in [0.1, 0.15) is 5.75 Å². The first-order chi connectivity index (χ1) is 10.2. The predicted octanol–water partition coefficient (Wildman–Crippen LogP) is 3.35. The number of amides is 1. The zero-order valence-electron chi connectivity index (χ0n) is 12.2. The average Bonchev–Trinajstić information content (AvgIpc) is 2.52. The first-order valence-corrected chi connectivity index (χ1v) is 7.32. The van der Waals surface area contributed by atoms with E-state index in [2.05, 4.69) is 19.1 Å². The van der Waals surface area contributed by atoms with Gasteiger partial charge in [-0.15, -0.1) is 0 Å². The van der Waals surface area contributed by atoms with Crippen molar-refractivity contribution in [1.29, 1.82) is 0 Å². The van der Waals surface area contributed by atoms with E-state index in [1.54, 1.807) is 0 Å². The molecule has 1 aliphatic rings. The number of fused-ring (bicyclic) bond motifs is 1. The van der Waals surface area contributed by atoms with E-state index in [0.717, 1.165) is 30.8 Å². The lowest BCUT2D eigenvalue weighted by Gasteiger charge is -2.29. The normalized spacial score (nSPS) is 13.7. The molecule has 0 unspecified atom stereocenters. The first kappa shape index (κ1) is 13.7. The number of anilines is 1. The molecule has 0 saturated heterocycles. The lowest BCUT2D eigenvalue weighted by molar-refractivity contribution is -0.120. The number of benzene rings is 2. The van der Waals surface area contributed by atoms with Crippen molar-refractivity contribution in [2.75, 3.05) is 18.1 Å². The number of hydrogen-bond acceptors (Lipinski definition) is 2. The molecule has 0 aromatic heterocycles. The Balaban J connectivity index is 1.71. The third kappa shape index (κ3) is 3.07. The van der Waals surface area contributed by atoms with Crippen LogP contribution in [0.1, 0.15) is 17.5 Å². The van der Waals surface area contributed by atoms with Gasteiger partial charge in [0.2, 0.25) is 0 Å². The number of nitrogens with zero attached hydrogens (tertiary/aromatic N) is 1. The predicted molar refractivity (Wildman–Crippen MR) is 83.8 cm³/mol. The van der Waals surface area contributed by atoms with Crippen molar-refractivity contribution in [1.82, 2.24) is 0 Å². The largest absolute Gasteiger partial charge is 0.484 e. The van der Waals surface area contributed by atoms with Crippen LogP contribution in [0.5, 0.6) is 5.75 Å². The van der Waals surface area contributed by atoms with Crippen LogP contribution in [-0.2, 0) is 11.2 Å². The van der Waals surface area contributed by atoms with E-state index >= 15 is 0 Å². The van der Waals surface area contributed by atoms with Crippen molar-refractivity contribution >= 4 is 11.6 Å². The molecule has 3 heteroatoms. The maximum atomic E-state index is 12.4. The lowest BCUT2D eigenvalue weighted by Crippen LogP contribution is -2.38. The van der Waals surface area contributed by atoms with Gasteiger partial charge in [-0.2, -0.15) is 0 Å². The van der Waals surface area contributed by atoms with Crippen molar-refractivity contribution in [2.45, 2.75) is 19.8 Å². The van der Waals surface area contributed by atoms with Crippen molar-refractivity contribution < 1.29 is 9.53 Å². The van der Waals surface area contributed by atoms with Crippen molar-refractivity contribution in [2.24, 2.45) is 0 Å². The Morgan fingerprint density at radius 2 is 2.00 bits per heavy atom. The molecule has 0 atom stereocenters. The topological polar surface area (TPSA) is 29.5 Å². The fourth-order valence-corrected chi connectivity index (χ4v) is 2.72. The Labute approximate surface area is 125 Å². The Bertz CT molecular complexity index is 637. The Morgan fingerprint density at radius 3 is 2.81 bits per heavy atom. The maximum absolute atomic E-state index is 12.4. The van der Waals surface area contributed by atoms with Gasteiger partial charge >= 0.3 is 0 Å². The number of aryl methyl sites for hydroxylation is 2. The molecule has 0 fully saturated rings. The minimum absolute atomic E-state index is 0.0173. The number of hydrogen-bond donors (Lipinski definition) is 0. The minimum atomic E-state index is 0.0173. The molecule has 0 bridgehead atoms. The minimum Gasteiger partial charge on any atom is -0.484 e. The highest BCUT2D eigenvalue weighted by molar-refractivity contribution is 5.95. The quantitative estimate of drug-likeness (QED) is 0.863. The van der Waals surface area contributed by atoms with E-state index in [0.29, 0.717) is 0 Å². The summed E-state index contributed by atoms with van der Waals surface area (Å²) < 4.78 is 5.57. The second kappa shape index (κ2) is 6.00. The summed E-state index contributed by atoms with van der Waals surface area (Å²) in [5.74, 6) is 0.746. The molecule has 3 nitrogen and oxygen atoms in total. The Morgan fingerprint density at radius 1 is 1.19 bits per heavy atom. The first-order valence-electron chi connectivity index (χ1n) is 7.32. The van der Waals surface area contributed by atoms with E-state index < -0.39 is 0 Å². The molecular weight excluding hydrogens is 262 g/mol. The standard InChI is InChI=1S/C18H19NO2/c1-14-9-10-17-15(12-14)6-5-11-19(17)18(20)13-21-16-7-3-2-4-8-16/h2-4,7-10,12H,5-6,11,13H2,1H3. The molecule has 0 radical (unpaired) electrons. The molecule has 0 aliphatic carbocycles. The Hall–Kier alpha value is -2.29. The lowest BCUT2D eigenvalue weighted by atomic mass is 9.99. The molecular formula is C18H19NO2. The van der Waals surface area contributed by atoms with E-state index in [1.165, 1.54) is 11.1 Å². The van der Waals surface area contributed by atoms with Crippen LogP contribution in [0.25, 0.3) is 0 Å². The van der Waals surface area contributed by atoms with Crippen LogP contribution in [0.4, 0.5) is 5.69 Å². The fourth-order valence-electron chi connectivity index (χ4n) is 2.72. The van der Waals surface area contributed by atoms with E-state index in [1.807, 2.05) is 41.3 Å². The van der Waals surface area contributed by atoms with Gasteiger partial charge in [0.25, 0.3) is 5.91 Å². The monoisotopic (exact) mass is 281 g/mol. The zero-order chi connectivity index (χ0) is 14.7. The van der Waals surface area contributed by atoms with Crippen LogP contribution in [0.3, 0.4) is 0 Å². The second-order valence-corrected chi connectivity index (χ2v) is 5.38. The fraction of sp³-hybridized carbons (Fsp3) is 0.278. The molecule has 1 heterocycles. The molecule has 108 valence electrons. The van der Waals surface area contributed by atoms with Crippen molar-refractivity contribution in [3.63, 3.8) is 0 Å². The number of rotatable bonds is 3. The van der Waals surface area contributed by atoms with Gasteiger partial charge in [-0.3, -0.25) is 4.79 Å². The zero-order valence-corrected chi connectivity index (χ0v) is 12.2. The highest BCUT2D eigenvalue weighted by Crippen LogP contribution is 2.28. The molecule has 1 aliphatic heterocycles. The maximum Gasteiger partial charge on any atom is 0.264 e. The molecule has 0 spiro atoms. The summed E-state index contributed by atoms with van der Waals surface area (Å²) in [4.78, 5) is 14.3. The molecule has 2 aromatic rings. The van der Waals surface area contributed by atoms with Gasteiger partial charge in [0.15, 0.2) is 6.61 Å². The highest BCUT2D eigenvalue weighted by Gasteiger charge is 2.22. The van der Waals surface area contributed by atoms with Crippen LogP contribution >= 0.6 is 0 Å². The third-order valence-corrected chi connectivity index (χ3v) is 3.76.